The van der Waals surface area contributed by atoms with Gasteiger partial charge in [-0.15, -0.1) is 0 Å². The monoisotopic (exact) mass is 292 g/mol. The Balaban J connectivity index is 2.24. The fourth-order valence-corrected chi connectivity index (χ4v) is 1.83. The number of anilines is 3. The minimum atomic E-state index is 0.378. The van der Waals surface area contributed by atoms with E-state index in [1.807, 2.05) is 44.3 Å². The summed E-state index contributed by atoms with van der Waals surface area (Å²) in [5, 5.41) is 6.83. The third-order valence-corrected chi connectivity index (χ3v) is 2.93. The molecule has 20 heavy (non-hydrogen) atoms. The molecule has 0 aliphatic heterocycles. The lowest BCUT2D eigenvalue weighted by Gasteiger charge is -2.10. The van der Waals surface area contributed by atoms with Gasteiger partial charge in [0.05, 0.1) is 10.7 Å². The Morgan fingerprint density at radius 2 is 1.95 bits per heavy atom. The van der Waals surface area contributed by atoms with Crippen molar-refractivity contribution in [1.29, 1.82) is 0 Å². The summed E-state index contributed by atoms with van der Waals surface area (Å²) in [6.07, 6.45) is 0. The van der Waals surface area contributed by atoms with E-state index in [2.05, 4.69) is 20.6 Å². The maximum atomic E-state index is 6.12. The zero-order chi connectivity index (χ0) is 14.4. The minimum Gasteiger partial charge on any atom is -0.374 e. The summed E-state index contributed by atoms with van der Waals surface area (Å²) in [7, 11) is 1.81. The smallest absolute Gasteiger partial charge is 0.158 e. The van der Waals surface area contributed by atoms with E-state index in [0.29, 0.717) is 29.9 Å². The van der Waals surface area contributed by atoms with Gasteiger partial charge in [0.1, 0.15) is 18.2 Å². The first-order valence-corrected chi connectivity index (χ1v) is 6.75. The van der Waals surface area contributed by atoms with Crippen molar-refractivity contribution in [2.75, 3.05) is 24.3 Å². The van der Waals surface area contributed by atoms with Crippen LogP contribution < -0.4 is 10.6 Å². The average molecular weight is 293 g/mol. The molecule has 0 saturated carbocycles. The van der Waals surface area contributed by atoms with E-state index < -0.39 is 0 Å². The zero-order valence-electron chi connectivity index (χ0n) is 11.5. The second kappa shape index (κ2) is 7.07. The summed E-state index contributed by atoms with van der Waals surface area (Å²) in [4.78, 5) is 8.74. The van der Waals surface area contributed by atoms with Gasteiger partial charge in [0.25, 0.3) is 0 Å². The minimum absolute atomic E-state index is 0.378. The van der Waals surface area contributed by atoms with Crippen molar-refractivity contribution in [2.24, 2.45) is 0 Å². The van der Waals surface area contributed by atoms with Gasteiger partial charge in [-0.3, -0.25) is 0 Å². The van der Waals surface area contributed by atoms with E-state index in [1.54, 1.807) is 0 Å². The highest BCUT2D eigenvalue weighted by Gasteiger charge is 2.06. The zero-order valence-corrected chi connectivity index (χ0v) is 12.2. The Morgan fingerprint density at radius 3 is 2.65 bits per heavy atom. The number of para-hydroxylation sites is 1. The molecule has 2 rings (SSSR count). The van der Waals surface area contributed by atoms with E-state index >= 15 is 0 Å². The Labute approximate surface area is 123 Å². The van der Waals surface area contributed by atoms with Crippen LogP contribution in [-0.2, 0) is 11.3 Å². The van der Waals surface area contributed by atoms with Crippen LogP contribution in [0.4, 0.5) is 17.3 Å². The number of benzene rings is 1. The summed E-state index contributed by atoms with van der Waals surface area (Å²) in [5.41, 5.74) is 0.803. The molecule has 1 heterocycles. The summed E-state index contributed by atoms with van der Waals surface area (Å²) in [6.45, 7) is 2.94. The third-order valence-electron chi connectivity index (χ3n) is 2.60. The van der Waals surface area contributed by atoms with Crippen LogP contribution in [0, 0.1) is 0 Å². The van der Waals surface area contributed by atoms with E-state index in [9.17, 15) is 0 Å². The van der Waals surface area contributed by atoms with E-state index in [1.165, 1.54) is 0 Å². The topological polar surface area (TPSA) is 59.1 Å². The summed E-state index contributed by atoms with van der Waals surface area (Å²) >= 11 is 6.12. The van der Waals surface area contributed by atoms with Gasteiger partial charge in [-0.1, -0.05) is 23.7 Å². The highest BCUT2D eigenvalue weighted by Crippen LogP contribution is 2.24. The predicted octanol–water partition coefficient (Wildman–Crippen LogP) is 3.45. The largest absolute Gasteiger partial charge is 0.374 e. The number of hydrogen-bond donors (Lipinski definition) is 2. The average Bonchev–Trinajstić information content (AvgIpc) is 2.47. The van der Waals surface area contributed by atoms with Gasteiger partial charge >= 0.3 is 0 Å². The molecule has 0 aliphatic carbocycles. The van der Waals surface area contributed by atoms with Crippen LogP contribution in [-0.4, -0.2) is 23.6 Å². The maximum absolute atomic E-state index is 6.12. The lowest BCUT2D eigenvalue weighted by atomic mass is 10.3. The molecule has 0 radical (unpaired) electrons. The summed E-state index contributed by atoms with van der Waals surface area (Å²) < 4.78 is 5.34. The Kier molecular flexibility index (Phi) is 5.15. The molecule has 106 valence electrons. The first-order valence-electron chi connectivity index (χ1n) is 6.38. The van der Waals surface area contributed by atoms with Crippen molar-refractivity contribution in [3.63, 3.8) is 0 Å². The molecule has 0 spiro atoms. The fourth-order valence-electron chi connectivity index (χ4n) is 1.65. The van der Waals surface area contributed by atoms with Gasteiger partial charge < -0.3 is 15.4 Å². The van der Waals surface area contributed by atoms with E-state index in [0.717, 1.165) is 11.5 Å². The van der Waals surface area contributed by atoms with Gasteiger partial charge in [-0.2, -0.15) is 0 Å². The maximum Gasteiger partial charge on any atom is 0.158 e. The molecular formula is C14H17ClN4O. The molecular weight excluding hydrogens is 276 g/mol. The number of hydrogen-bond acceptors (Lipinski definition) is 5. The van der Waals surface area contributed by atoms with Crippen molar-refractivity contribution >= 4 is 28.9 Å². The van der Waals surface area contributed by atoms with Crippen molar-refractivity contribution in [3.8, 4) is 0 Å². The molecule has 0 bridgehead atoms. The normalized spacial score (nSPS) is 10.3. The van der Waals surface area contributed by atoms with Gasteiger partial charge in [0.2, 0.25) is 0 Å². The summed E-state index contributed by atoms with van der Waals surface area (Å²) in [5.74, 6) is 2.02. The van der Waals surface area contributed by atoms with Crippen LogP contribution >= 0.6 is 11.6 Å². The molecule has 0 amide bonds. The molecule has 6 heteroatoms. The highest BCUT2D eigenvalue weighted by atomic mass is 35.5. The first kappa shape index (κ1) is 14.6. The molecule has 5 nitrogen and oxygen atoms in total. The number of aromatic nitrogens is 2. The lowest BCUT2D eigenvalue weighted by molar-refractivity contribution is 0.128. The molecule has 1 aromatic carbocycles. The number of nitrogens with zero attached hydrogens (tertiary/aromatic N) is 2. The van der Waals surface area contributed by atoms with Crippen LogP contribution in [0.15, 0.2) is 30.3 Å². The fraction of sp³-hybridized carbons (Fsp3) is 0.286. The van der Waals surface area contributed by atoms with Gasteiger partial charge in [-0.25, -0.2) is 9.97 Å². The summed E-state index contributed by atoms with van der Waals surface area (Å²) in [6, 6.07) is 9.33. The van der Waals surface area contributed by atoms with E-state index in [-0.39, 0.29) is 0 Å². The lowest BCUT2D eigenvalue weighted by Crippen LogP contribution is -2.05. The predicted molar refractivity (Wildman–Crippen MR) is 81.6 cm³/mol. The molecule has 1 aromatic heterocycles. The number of halogens is 1. The Bertz CT molecular complexity index is 577. The molecule has 2 N–H and O–H groups in total. The SMILES string of the molecule is CCOCc1nc(NC)cc(Nc2ccccc2Cl)n1. The quantitative estimate of drug-likeness (QED) is 0.854. The van der Waals surface area contributed by atoms with Crippen LogP contribution in [0.25, 0.3) is 0 Å². The molecule has 2 aromatic rings. The number of ether oxygens (including phenoxy) is 1. The van der Waals surface area contributed by atoms with Crippen molar-refractivity contribution in [1.82, 2.24) is 9.97 Å². The molecule has 0 aliphatic rings. The van der Waals surface area contributed by atoms with Crippen LogP contribution in [0.5, 0.6) is 0 Å². The van der Waals surface area contributed by atoms with Crippen LogP contribution in [0.1, 0.15) is 12.7 Å². The standard InChI is InChI=1S/C14H17ClN4O/c1-3-20-9-14-18-12(16-2)8-13(19-14)17-11-7-5-4-6-10(11)15/h4-8H,3,9H2,1-2H3,(H2,16,17,18,19). The highest BCUT2D eigenvalue weighted by molar-refractivity contribution is 6.33. The second-order valence-corrected chi connectivity index (χ2v) is 4.45. The molecule has 0 saturated heterocycles. The Morgan fingerprint density at radius 1 is 1.20 bits per heavy atom. The number of nitrogens with one attached hydrogen (secondary N) is 2. The molecule has 0 unspecified atom stereocenters. The van der Waals surface area contributed by atoms with Crippen molar-refractivity contribution < 1.29 is 4.74 Å². The van der Waals surface area contributed by atoms with Crippen molar-refractivity contribution in [3.05, 3.63) is 41.2 Å². The van der Waals surface area contributed by atoms with Crippen LogP contribution in [0.2, 0.25) is 5.02 Å². The van der Waals surface area contributed by atoms with Gasteiger partial charge in [-0.05, 0) is 19.1 Å². The van der Waals surface area contributed by atoms with Crippen LogP contribution in [0.3, 0.4) is 0 Å². The first-order chi connectivity index (χ1) is 9.72. The van der Waals surface area contributed by atoms with Gasteiger partial charge in [0.15, 0.2) is 5.82 Å². The number of rotatable bonds is 6. The molecule has 0 fully saturated rings. The van der Waals surface area contributed by atoms with E-state index in [4.69, 9.17) is 16.3 Å². The molecule has 0 atom stereocenters. The second-order valence-electron chi connectivity index (χ2n) is 4.05. The third kappa shape index (κ3) is 3.82. The van der Waals surface area contributed by atoms with Gasteiger partial charge in [0, 0.05) is 19.7 Å². The Hall–Kier alpha value is -1.85. The van der Waals surface area contributed by atoms with Crippen molar-refractivity contribution in [2.45, 2.75) is 13.5 Å².